The Kier molecular flexibility index (Phi) is 8.60. The van der Waals surface area contributed by atoms with Gasteiger partial charge in [0.1, 0.15) is 0 Å². The van der Waals surface area contributed by atoms with Crippen molar-refractivity contribution in [2.45, 2.75) is 6.92 Å². The Hall–Kier alpha value is -8.65. The monoisotopic (exact) mass is 837 g/mol. The molecule has 3 heterocycles. The number of hydrogen-bond donors (Lipinski definition) is 0. The number of nitrogens with zero attached hydrogens (tertiary/aromatic N) is 3. The van der Waals surface area contributed by atoms with Gasteiger partial charge in [-0.25, -0.2) is 0 Å². The minimum Gasteiger partial charge on any atom is -0.375 e. The lowest BCUT2D eigenvalue weighted by atomic mass is 9.44. The number of anilines is 3. The lowest BCUT2D eigenvalue weighted by Gasteiger charge is -2.42. The third kappa shape index (κ3) is 5.84. The van der Waals surface area contributed by atoms with Crippen LogP contribution >= 0.6 is 0 Å². The Bertz CT molecular complexity index is 3700. The number of hydrogen-bond acceptors (Lipinski definition) is 2. The first-order chi connectivity index (χ1) is 32.6. The van der Waals surface area contributed by atoms with Crippen LogP contribution in [0.15, 0.2) is 224 Å². The summed E-state index contributed by atoms with van der Waals surface area (Å²) in [5.74, 6) is 0. The minimum absolute atomic E-state index is 0.111. The summed E-state index contributed by atoms with van der Waals surface area (Å²) in [6, 6.07) is 84.0. The molecular formula is C62H40BN3. The summed E-state index contributed by atoms with van der Waals surface area (Å²) in [5, 5.41) is 12.4. The highest BCUT2D eigenvalue weighted by Gasteiger charge is 2.44. The van der Waals surface area contributed by atoms with Gasteiger partial charge in [-0.15, -0.1) is 0 Å². The quantitative estimate of drug-likeness (QED) is 0.156. The van der Waals surface area contributed by atoms with Crippen molar-refractivity contribution in [1.29, 1.82) is 5.26 Å². The van der Waals surface area contributed by atoms with E-state index in [9.17, 15) is 5.26 Å². The molecule has 0 saturated heterocycles. The summed E-state index contributed by atoms with van der Waals surface area (Å²) < 4.78 is 2.65. The van der Waals surface area contributed by atoms with E-state index in [1.165, 1.54) is 82.8 Å². The molecule has 0 spiro atoms. The number of rotatable bonds is 6. The molecular weight excluding hydrogens is 798 g/mol. The van der Waals surface area contributed by atoms with E-state index in [4.69, 9.17) is 0 Å². The van der Waals surface area contributed by atoms with Gasteiger partial charge in [0.25, 0.3) is 0 Å². The molecule has 13 rings (SSSR count). The Morgan fingerprint density at radius 2 is 0.955 bits per heavy atom. The fraction of sp³-hybridized carbons (Fsp3) is 0.0161. The summed E-state index contributed by atoms with van der Waals surface area (Å²) in [4.78, 5) is 2.53. The lowest BCUT2D eigenvalue weighted by molar-refractivity contribution is 1.25. The van der Waals surface area contributed by atoms with Crippen LogP contribution in [0.3, 0.4) is 0 Å². The van der Waals surface area contributed by atoms with Gasteiger partial charge in [-0.2, -0.15) is 5.26 Å². The average Bonchev–Trinajstić information content (AvgIpc) is 3.72. The molecule has 1 aromatic heterocycles. The van der Waals surface area contributed by atoms with Crippen molar-refractivity contribution in [3.05, 3.63) is 236 Å². The molecule has 0 fully saturated rings. The molecule has 0 amide bonds. The van der Waals surface area contributed by atoms with E-state index in [1.54, 1.807) is 0 Å². The lowest BCUT2D eigenvalue weighted by Crippen LogP contribution is -2.56. The molecule has 0 atom stereocenters. The van der Waals surface area contributed by atoms with Gasteiger partial charge in [0.15, 0.2) is 0 Å². The number of benzene rings is 10. The van der Waals surface area contributed by atoms with Crippen LogP contribution < -0.4 is 15.8 Å². The van der Waals surface area contributed by atoms with E-state index >= 15 is 0 Å². The molecule has 11 aromatic rings. The predicted octanol–water partition coefficient (Wildman–Crippen LogP) is 14.7. The normalized spacial score (nSPS) is 12.2. The van der Waals surface area contributed by atoms with Crippen LogP contribution in [0.4, 0.5) is 17.1 Å². The maximum absolute atomic E-state index is 9.87. The first-order valence-corrected chi connectivity index (χ1v) is 22.7. The molecule has 0 aliphatic carbocycles. The van der Waals surface area contributed by atoms with Gasteiger partial charge in [0.2, 0.25) is 0 Å². The minimum atomic E-state index is -0.111. The van der Waals surface area contributed by atoms with Crippen molar-refractivity contribution in [3.8, 4) is 72.8 Å². The van der Waals surface area contributed by atoms with Crippen molar-refractivity contribution >= 4 is 56.6 Å². The number of aromatic nitrogens is 1. The second kappa shape index (κ2) is 15.0. The van der Waals surface area contributed by atoms with E-state index in [1.807, 2.05) is 12.1 Å². The van der Waals surface area contributed by atoms with Gasteiger partial charge in [-0.05, 0) is 151 Å². The first-order valence-electron chi connectivity index (χ1n) is 22.7. The Morgan fingerprint density at radius 1 is 0.424 bits per heavy atom. The van der Waals surface area contributed by atoms with Gasteiger partial charge in [0.05, 0.1) is 11.6 Å². The van der Waals surface area contributed by atoms with Crippen LogP contribution in [0.5, 0.6) is 0 Å². The molecule has 2 aliphatic rings. The molecule has 0 radical (unpaired) electrons. The summed E-state index contributed by atoms with van der Waals surface area (Å²) in [5.41, 5.74) is 24.4. The molecule has 0 unspecified atom stereocenters. The zero-order valence-corrected chi connectivity index (χ0v) is 36.3. The molecule has 2 aliphatic heterocycles. The molecule has 0 bridgehead atoms. The van der Waals surface area contributed by atoms with Crippen LogP contribution in [-0.4, -0.2) is 11.3 Å². The maximum atomic E-state index is 9.87. The molecule has 4 heteroatoms. The summed E-state index contributed by atoms with van der Waals surface area (Å²) in [6.07, 6.45) is 0. The van der Waals surface area contributed by atoms with E-state index in [2.05, 4.69) is 235 Å². The van der Waals surface area contributed by atoms with Crippen molar-refractivity contribution in [1.82, 2.24) is 4.48 Å². The van der Waals surface area contributed by atoms with Gasteiger partial charge in [0, 0.05) is 44.4 Å². The highest BCUT2D eigenvalue weighted by atomic mass is 15.2. The SMILES string of the molecule is Cc1c(-c2ccc(C#N)cc2)cc2c3c1-c1cc(-c4ccccc4)cc4c5cc(-c6ccccc6)ccc5n(c14)B3c1ccccc1N2c1cc(-c2ccccc2)cc(-c2ccccc2)c1. The second-order valence-corrected chi connectivity index (χ2v) is 17.6. The number of para-hydroxylation sites is 1. The fourth-order valence-corrected chi connectivity index (χ4v) is 11.0. The van der Waals surface area contributed by atoms with Gasteiger partial charge in [-0.1, -0.05) is 158 Å². The highest BCUT2D eigenvalue weighted by molar-refractivity contribution is 6.90. The second-order valence-electron chi connectivity index (χ2n) is 17.6. The largest absolute Gasteiger partial charge is 0.375 e. The Labute approximate surface area is 384 Å². The fourth-order valence-electron chi connectivity index (χ4n) is 11.0. The van der Waals surface area contributed by atoms with E-state index in [-0.39, 0.29) is 6.85 Å². The van der Waals surface area contributed by atoms with Crippen molar-refractivity contribution in [2.75, 3.05) is 4.90 Å². The van der Waals surface area contributed by atoms with Crippen LogP contribution in [0.25, 0.3) is 88.6 Å². The van der Waals surface area contributed by atoms with Crippen molar-refractivity contribution in [2.24, 2.45) is 0 Å². The molecule has 3 nitrogen and oxygen atoms in total. The van der Waals surface area contributed by atoms with Crippen LogP contribution in [0.2, 0.25) is 0 Å². The van der Waals surface area contributed by atoms with Crippen LogP contribution in [0, 0.1) is 18.3 Å². The van der Waals surface area contributed by atoms with Crippen LogP contribution in [0.1, 0.15) is 11.1 Å². The third-order valence-corrected chi connectivity index (χ3v) is 13.9. The molecule has 306 valence electrons. The van der Waals surface area contributed by atoms with Gasteiger partial charge in [-0.3, -0.25) is 0 Å². The Balaban J connectivity index is 1.17. The summed E-state index contributed by atoms with van der Waals surface area (Å²) >= 11 is 0. The Morgan fingerprint density at radius 3 is 1.56 bits per heavy atom. The molecule has 10 aromatic carbocycles. The van der Waals surface area contributed by atoms with Gasteiger partial charge < -0.3 is 9.38 Å². The summed E-state index contributed by atoms with van der Waals surface area (Å²) in [7, 11) is 0. The van der Waals surface area contributed by atoms with Crippen LogP contribution in [-0.2, 0) is 0 Å². The maximum Gasteiger partial charge on any atom is 0.333 e. The standard InChI is InChI=1S/C62H40BN3/c1-40-52(46-28-26-41(39-64)27-29-46)38-59-61-60(40)55-37-50(45-22-12-5-13-23-45)36-54-53-35-47(42-16-6-2-7-17-42)30-31-57(53)66(62(54)55)63(61)56-24-14-15-25-58(56)65(59)51-33-48(43-18-8-3-9-19-43)32-49(34-51)44-20-10-4-11-21-44/h2-38H,1H3. The first kappa shape index (κ1) is 37.9. The van der Waals surface area contributed by atoms with E-state index < -0.39 is 0 Å². The van der Waals surface area contributed by atoms with Crippen molar-refractivity contribution < 1.29 is 0 Å². The smallest absolute Gasteiger partial charge is 0.333 e. The zero-order chi connectivity index (χ0) is 43.9. The zero-order valence-electron chi connectivity index (χ0n) is 36.3. The molecule has 0 N–H and O–H groups in total. The number of nitriles is 1. The third-order valence-electron chi connectivity index (χ3n) is 13.9. The molecule has 66 heavy (non-hydrogen) atoms. The average molecular weight is 838 g/mol. The van der Waals surface area contributed by atoms with E-state index in [0.29, 0.717) is 5.56 Å². The summed E-state index contributed by atoms with van der Waals surface area (Å²) in [6.45, 7) is 2.20. The predicted molar refractivity (Wildman–Crippen MR) is 277 cm³/mol. The van der Waals surface area contributed by atoms with Crippen molar-refractivity contribution in [3.63, 3.8) is 0 Å². The molecule has 0 saturated carbocycles. The topological polar surface area (TPSA) is 32.0 Å². The van der Waals surface area contributed by atoms with E-state index in [0.717, 1.165) is 39.3 Å². The highest BCUT2D eigenvalue weighted by Crippen LogP contribution is 2.50. The van der Waals surface area contributed by atoms with Gasteiger partial charge >= 0.3 is 6.85 Å². The number of fused-ring (bicyclic) bond motifs is 7.